The summed E-state index contributed by atoms with van der Waals surface area (Å²) in [4.78, 5) is 0. The molecule has 1 aromatic carbocycles. The molecule has 2 N–H and O–H groups in total. The van der Waals surface area contributed by atoms with E-state index in [0.29, 0.717) is 18.7 Å². The fourth-order valence-corrected chi connectivity index (χ4v) is 1.63. The van der Waals surface area contributed by atoms with E-state index in [2.05, 4.69) is 16.5 Å². The van der Waals surface area contributed by atoms with Crippen LogP contribution in [-0.4, -0.2) is 21.5 Å². The molecule has 0 aliphatic rings. The smallest absolute Gasteiger partial charge is 0.0991 e. The monoisotopic (exact) mass is 242 g/mol. The Morgan fingerprint density at radius 3 is 3.11 bits per heavy atom. The van der Waals surface area contributed by atoms with Crippen LogP contribution in [0.1, 0.15) is 11.1 Å². The van der Waals surface area contributed by atoms with Crippen LogP contribution in [0.5, 0.6) is 0 Å². The molecule has 0 atom stereocenters. The van der Waals surface area contributed by atoms with Crippen LogP contribution < -0.4 is 5.32 Å². The van der Waals surface area contributed by atoms with Gasteiger partial charge in [-0.1, -0.05) is 12.1 Å². The first-order chi connectivity index (χ1) is 8.81. The third kappa shape index (κ3) is 3.09. The largest absolute Gasteiger partial charge is 0.394 e. The molecule has 0 fully saturated rings. The summed E-state index contributed by atoms with van der Waals surface area (Å²) in [5, 5.41) is 24.9. The summed E-state index contributed by atoms with van der Waals surface area (Å²) >= 11 is 0. The van der Waals surface area contributed by atoms with Crippen LogP contribution in [0.15, 0.2) is 36.7 Å². The van der Waals surface area contributed by atoms with Gasteiger partial charge in [-0.25, -0.2) is 0 Å². The second kappa shape index (κ2) is 5.84. The van der Waals surface area contributed by atoms with Crippen molar-refractivity contribution >= 4 is 5.69 Å². The lowest BCUT2D eigenvalue weighted by atomic mass is 10.1. The number of rotatable bonds is 5. The van der Waals surface area contributed by atoms with Gasteiger partial charge in [-0.2, -0.15) is 10.4 Å². The molecule has 0 radical (unpaired) electrons. The number of anilines is 1. The van der Waals surface area contributed by atoms with Crippen molar-refractivity contribution in [3.05, 3.63) is 47.8 Å². The summed E-state index contributed by atoms with van der Waals surface area (Å²) in [5.41, 5.74) is 2.60. The topological polar surface area (TPSA) is 73.9 Å². The van der Waals surface area contributed by atoms with Crippen molar-refractivity contribution < 1.29 is 5.11 Å². The second-order valence-electron chi connectivity index (χ2n) is 3.88. The molecule has 1 heterocycles. The highest BCUT2D eigenvalue weighted by atomic mass is 16.3. The van der Waals surface area contributed by atoms with Gasteiger partial charge in [-0.3, -0.25) is 4.68 Å². The number of aliphatic hydroxyl groups is 1. The lowest BCUT2D eigenvalue weighted by Crippen LogP contribution is -2.02. The van der Waals surface area contributed by atoms with Gasteiger partial charge in [0.05, 0.1) is 36.7 Å². The van der Waals surface area contributed by atoms with Crippen LogP contribution in [0.25, 0.3) is 0 Å². The summed E-state index contributed by atoms with van der Waals surface area (Å²) in [6, 6.07) is 9.58. The first-order valence-corrected chi connectivity index (χ1v) is 5.68. The standard InChI is InChI=1S/C13H14N4O/c14-7-11-2-1-3-12(6-11)8-15-13-9-16-17(10-13)4-5-18/h1-3,6,9-10,15,18H,4-5,8H2. The Balaban J connectivity index is 1.96. The SMILES string of the molecule is N#Cc1cccc(CNc2cnn(CCO)c2)c1. The van der Waals surface area contributed by atoms with Gasteiger partial charge in [0, 0.05) is 12.7 Å². The molecule has 0 bridgehead atoms. The predicted molar refractivity (Wildman–Crippen MR) is 67.8 cm³/mol. The zero-order chi connectivity index (χ0) is 12.8. The second-order valence-corrected chi connectivity index (χ2v) is 3.88. The van der Waals surface area contributed by atoms with Gasteiger partial charge in [-0.15, -0.1) is 0 Å². The van der Waals surface area contributed by atoms with E-state index in [1.165, 1.54) is 0 Å². The number of benzene rings is 1. The summed E-state index contributed by atoms with van der Waals surface area (Å²) < 4.78 is 1.67. The third-order valence-corrected chi connectivity index (χ3v) is 2.52. The van der Waals surface area contributed by atoms with Gasteiger partial charge in [0.15, 0.2) is 0 Å². The summed E-state index contributed by atoms with van der Waals surface area (Å²) in [6.45, 7) is 1.21. The van der Waals surface area contributed by atoms with Gasteiger partial charge in [0.2, 0.25) is 0 Å². The van der Waals surface area contributed by atoms with Gasteiger partial charge >= 0.3 is 0 Å². The van der Waals surface area contributed by atoms with Crippen LogP contribution in [0.2, 0.25) is 0 Å². The van der Waals surface area contributed by atoms with Crippen molar-refractivity contribution in [3.8, 4) is 6.07 Å². The van der Waals surface area contributed by atoms with Crippen molar-refractivity contribution in [2.45, 2.75) is 13.1 Å². The quantitative estimate of drug-likeness (QED) is 0.830. The third-order valence-electron chi connectivity index (χ3n) is 2.52. The van der Waals surface area contributed by atoms with Crippen LogP contribution in [-0.2, 0) is 13.1 Å². The van der Waals surface area contributed by atoms with Gasteiger partial charge in [-0.05, 0) is 17.7 Å². The Morgan fingerprint density at radius 1 is 1.44 bits per heavy atom. The fourth-order valence-electron chi connectivity index (χ4n) is 1.63. The highest BCUT2D eigenvalue weighted by Crippen LogP contribution is 2.09. The normalized spacial score (nSPS) is 10.0. The maximum absolute atomic E-state index is 8.80. The predicted octanol–water partition coefficient (Wildman–Crippen LogP) is 1.36. The lowest BCUT2D eigenvalue weighted by molar-refractivity contribution is 0.269. The van der Waals surface area contributed by atoms with Gasteiger partial charge in [0.1, 0.15) is 0 Å². The Labute approximate surface area is 105 Å². The van der Waals surface area contributed by atoms with E-state index in [0.717, 1.165) is 11.3 Å². The number of nitrogens with one attached hydrogen (secondary N) is 1. The van der Waals surface area contributed by atoms with Crippen molar-refractivity contribution in [1.82, 2.24) is 9.78 Å². The van der Waals surface area contributed by atoms with Crippen LogP contribution in [0, 0.1) is 11.3 Å². The molecule has 0 aliphatic carbocycles. The van der Waals surface area contributed by atoms with E-state index < -0.39 is 0 Å². The number of hydrogen-bond donors (Lipinski definition) is 2. The molecule has 1 aromatic heterocycles. The fraction of sp³-hybridized carbons (Fsp3) is 0.231. The van der Waals surface area contributed by atoms with Crippen LogP contribution >= 0.6 is 0 Å². The summed E-state index contributed by atoms with van der Waals surface area (Å²) in [5.74, 6) is 0. The molecule has 5 nitrogen and oxygen atoms in total. The molecule has 2 aromatic rings. The number of aliphatic hydroxyl groups excluding tert-OH is 1. The molecule has 0 unspecified atom stereocenters. The molecular formula is C13H14N4O. The van der Waals surface area contributed by atoms with E-state index in [4.69, 9.17) is 10.4 Å². The van der Waals surface area contributed by atoms with E-state index in [1.54, 1.807) is 16.9 Å². The minimum Gasteiger partial charge on any atom is -0.394 e. The van der Waals surface area contributed by atoms with E-state index in [-0.39, 0.29) is 6.61 Å². The van der Waals surface area contributed by atoms with Crippen molar-refractivity contribution in [2.24, 2.45) is 0 Å². The first-order valence-electron chi connectivity index (χ1n) is 5.68. The molecule has 5 heteroatoms. The van der Waals surface area contributed by atoms with E-state index in [1.807, 2.05) is 24.4 Å². The van der Waals surface area contributed by atoms with Gasteiger partial charge in [0.25, 0.3) is 0 Å². The Morgan fingerprint density at radius 2 is 2.33 bits per heavy atom. The zero-order valence-electron chi connectivity index (χ0n) is 9.87. The lowest BCUT2D eigenvalue weighted by Gasteiger charge is -2.03. The maximum atomic E-state index is 8.80. The molecule has 0 amide bonds. The number of hydrogen-bond acceptors (Lipinski definition) is 4. The Kier molecular flexibility index (Phi) is 3.94. The highest BCUT2D eigenvalue weighted by molar-refractivity contribution is 5.40. The average Bonchev–Trinajstić information content (AvgIpc) is 2.85. The molecular weight excluding hydrogens is 228 g/mol. The van der Waals surface area contributed by atoms with Crippen molar-refractivity contribution in [3.63, 3.8) is 0 Å². The number of nitriles is 1. The van der Waals surface area contributed by atoms with Crippen molar-refractivity contribution in [2.75, 3.05) is 11.9 Å². The Bertz CT molecular complexity index is 556. The zero-order valence-corrected chi connectivity index (χ0v) is 9.87. The van der Waals surface area contributed by atoms with E-state index >= 15 is 0 Å². The summed E-state index contributed by atoms with van der Waals surface area (Å²) in [6.07, 6.45) is 3.55. The molecule has 18 heavy (non-hydrogen) atoms. The highest BCUT2D eigenvalue weighted by Gasteiger charge is 1.99. The molecule has 92 valence electrons. The molecule has 0 aliphatic heterocycles. The van der Waals surface area contributed by atoms with Crippen LogP contribution in [0.3, 0.4) is 0 Å². The number of aromatic nitrogens is 2. The van der Waals surface area contributed by atoms with Crippen molar-refractivity contribution in [1.29, 1.82) is 5.26 Å². The molecule has 0 saturated heterocycles. The van der Waals surface area contributed by atoms with E-state index in [9.17, 15) is 0 Å². The van der Waals surface area contributed by atoms with Gasteiger partial charge < -0.3 is 10.4 Å². The molecule has 2 rings (SSSR count). The number of nitrogens with zero attached hydrogens (tertiary/aromatic N) is 3. The summed E-state index contributed by atoms with van der Waals surface area (Å²) in [7, 11) is 0. The Hall–Kier alpha value is -2.32. The van der Waals surface area contributed by atoms with Crippen LogP contribution in [0.4, 0.5) is 5.69 Å². The average molecular weight is 242 g/mol. The minimum atomic E-state index is 0.0747. The first kappa shape index (κ1) is 12.1. The minimum absolute atomic E-state index is 0.0747. The molecule has 0 saturated carbocycles. The molecule has 0 spiro atoms. The maximum Gasteiger partial charge on any atom is 0.0991 e.